The summed E-state index contributed by atoms with van der Waals surface area (Å²) in [6, 6.07) is 0.0530. The van der Waals surface area contributed by atoms with Gasteiger partial charge in [0.1, 0.15) is 5.69 Å². The van der Waals surface area contributed by atoms with E-state index in [2.05, 4.69) is 10.4 Å². The highest BCUT2D eigenvalue weighted by Crippen LogP contribution is 2.42. The maximum Gasteiger partial charge on any atom is 0.291 e. The SMILES string of the molecule is CC1(C)C(O)CC1Nc1c(Cl)cnn(CC2CCC2)c1=O. The molecule has 6 heteroatoms. The molecule has 0 spiro atoms. The van der Waals surface area contributed by atoms with E-state index in [1.54, 1.807) is 0 Å². The molecule has 1 aromatic heterocycles. The van der Waals surface area contributed by atoms with Gasteiger partial charge in [0, 0.05) is 18.0 Å². The summed E-state index contributed by atoms with van der Waals surface area (Å²) in [6.45, 7) is 4.64. The second-order valence-corrected chi connectivity index (χ2v) is 7.33. The van der Waals surface area contributed by atoms with E-state index in [0.29, 0.717) is 29.6 Å². The second kappa shape index (κ2) is 5.29. The Morgan fingerprint density at radius 1 is 1.52 bits per heavy atom. The van der Waals surface area contributed by atoms with Crippen LogP contribution in [0.15, 0.2) is 11.0 Å². The van der Waals surface area contributed by atoms with E-state index in [9.17, 15) is 9.90 Å². The monoisotopic (exact) mass is 311 g/mol. The molecule has 2 fully saturated rings. The molecule has 0 bridgehead atoms. The zero-order valence-electron chi connectivity index (χ0n) is 12.5. The second-order valence-electron chi connectivity index (χ2n) is 6.92. The summed E-state index contributed by atoms with van der Waals surface area (Å²) in [5.41, 5.74) is 0.000224. The predicted molar refractivity (Wildman–Crippen MR) is 82.7 cm³/mol. The third kappa shape index (κ3) is 2.57. The van der Waals surface area contributed by atoms with E-state index >= 15 is 0 Å². The van der Waals surface area contributed by atoms with E-state index in [1.165, 1.54) is 30.1 Å². The van der Waals surface area contributed by atoms with Crippen molar-refractivity contribution in [2.45, 2.75) is 58.2 Å². The summed E-state index contributed by atoms with van der Waals surface area (Å²) in [6.07, 6.45) is 5.40. The van der Waals surface area contributed by atoms with Crippen LogP contribution in [0.1, 0.15) is 39.5 Å². The molecule has 2 atom stereocenters. The number of halogens is 1. The van der Waals surface area contributed by atoms with Crippen LogP contribution in [0, 0.1) is 11.3 Å². The van der Waals surface area contributed by atoms with Gasteiger partial charge in [0.25, 0.3) is 5.56 Å². The normalized spacial score (nSPS) is 27.8. The molecule has 21 heavy (non-hydrogen) atoms. The lowest BCUT2D eigenvalue weighted by Crippen LogP contribution is -2.57. The summed E-state index contributed by atoms with van der Waals surface area (Å²) < 4.78 is 1.51. The Morgan fingerprint density at radius 3 is 2.76 bits per heavy atom. The Kier molecular flexibility index (Phi) is 3.74. The van der Waals surface area contributed by atoms with Crippen LogP contribution in [0.5, 0.6) is 0 Å². The van der Waals surface area contributed by atoms with Crippen molar-refractivity contribution in [1.29, 1.82) is 0 Å². The molecule has 1 aromatic rings. The van der Waals surface area contributed by atoms with Gasteiger partial charge in [-0.3, -0.25) is 4.79 Å². The molecule has 1 heterocycles. The number of nitrogens with zero attached hydrogens (tertiary/aromatic N) is 2. The van der Waals surface area contributed by atoms with Crippen molar-refractivity contribution in [3.05, 3.63) is 21.6 Å². The molecule has 0 amide bonds. The molecule has 0 aromatic carbocycles. The van der Waals surface area contributed by atoms with Crippen LogP contribution < -0.4 is 10.9 Å². The van der Waals surface area contributed by atoms with E-state index in [-0.39, 0.29) is 23.1 Å². The van der Waals surface area contributed by atoms with Crippen molar-refractivity contribution in [2.75, 3.05) is 5.32 Å². The molecule has 2 unspecified atom stereocenters. The molecule has 0 saturated heterocycles. The topological polar surface area (TPSA) is 67.2 Å². The van der Waals surface area contributed by atoms with Crippen molar-refractivity contribution in [2.24, 2.45) is 11.3 Å². The first-order chi connectivity index (χ1) is 9.89. The van der Waals surface area contributed by atoms with Gasteiger partial charge >= 0.3 is 0 Å². The quantitative estimate of drug-likeness (QED) is 0.895. The van der Waals surface area contributed by atoms with Gasteiger partial charge in [-0.15, -0.1) is 0 Å². The summed E-state index contributed by atoms with van der Waals surface area (Å²) >= 11 is 6.14. The maximum absolute atomic E-state index is 12.5. The lowest BCUT2D eigenvalue weighted by atomic mass is 9.64. The van der Waals surface area contributed by atoms with Crippen molar-refractivity contribution < 1.29 is 5.11 Å². The molecule has 0 aliphatic heterocycles. The zero-order chi connectivity index (χ0) is 15.2. The van der Waals surface area contributed by atoms with Gasteiger partial charge in [-0.25, -0.2) is 4.68 Å². The third-order valence-corrected chi connectivity index (χ3v) is 5.47. The lowest BCUT2D eigenvalue weighted by molar-refractivity contribution is -0.0511. The van der Waals surface area contributed by atoms with E-state index in [1.807, 2.05) is 13.8 Å². The van der Waals surface area contributed by atoms with Crippen molar-refractivity contribution in [1.82, 2.24) is 9.78 Å². The zero-order valence-corrected chi connectivity index (χ0v) is 13.2. The van der Waals surface area contributed by atoms with E-state index in [0.717, 1.165) is 0 Å². The number of rotatable bonds is 4. The van der Waals surface area contributed by atoms with Gasteiger partial charge in [-0.1, -0.05) is 31.9 Å². The molecule has 2 N–H and O–H groups in total. The van der Waals surface area contributed by atoms with Crippen LogP contribution in [-0.4, -0.2) is 27.0 Å². The summed E-state index contributed by atoms with van der Waals surface area (Å²) in [7, 11) is 0. The van der Waals surface area contributed by atoms with Crippen LogP contribution >= 0.6 is 11.6 Å². The van der Waals surface area contributed by atoms with Gasteiger partial charge in [-0.2, -0.15) is 5.10 Å². The van der Waals surface area contributed by atoms with Crippen molar-refractivity contribution >= 4 is 17.3 Å². The molecule has 116 valence electrons. The summed E-state index contributed by atoms with van der Waals surface area (Å²) in [4.78, 5) is 12.5. The fourth-order valence-electron chi connectivity index (χ4n) is 2.97. The smallest absolute Gasteiger partial charge is 0.291 e. The van der Waals surface area contributed by atoms with Gasteiger partial charge in [0.2, 0.25) is 0 Å². The van der Waals surface area contributed by atoms with Crippen LogP contribution in [0.4, 0.5) is 5.69 Å². The van der Waals surface area contributed by atoms with Gasteiger partial charge in [0.15, 0.2) is 0 Å². The molecular weight excluding hydrogens is 290 g/mol. The fourth-order valence-corrected chi connectivity index (χ4v) is 3.15. The maximum atomic E-state index is 12.5. The minimum atomic E-state index is -0.340. The number of hydrogen-bond donors (Lipinski definition) is 2. The van der Waals surface area contributed by atoms with Gasteiger partial charge in [-0.05, 0) is 25.2 Å². The average molecular weight is 312 g/mol. The molecule has 2 aliphatic rings. The minimum absolute atomic E-state index is 0.0530. The number of aliphatic hydroxyl groups is 1. The highest BCUT2D eigenvalue weighted by molar-refractivity contribution is 6.33. The third-order valence-electron chi connectivity index (χ3n) is 5.19. The Hall–Kier alpha value is -1.07. The highest BCUT2D eigenvalue weighted by Gasteiger charge is 2.47. The number of aliphatic hydroxyl groups excluding tert-OH is 1. The number of aromatic nitrogens is 2. The number of hydrogen-bond acceptors (Lipinski definition) is 4. The Labute approximate surface area is 129 Å². The molecule has 2 saturated carbocycles. The van der Waals surface area contributed by atoms with E-state index < -0.39 is 0 Å². The first-order valence-electron chi connectivity index (χ1n) is 7.60. The van der Waals surface area contributed by atoms with Crippen molar-refractivity contribution in [3.63, 3.8) is 0 Å². The van der Waals surface area contributed by atoms with Crippen LogP contribution in [0.3, 0.4) is 0 Å². The average Bonchev–Trinajstić information content (AvgIpc) is 2.39. The van der Waals surface area contributed by atoms with Crippen LogP contribution in [0.25, 0.3) is 0 Å². The van der Waals surface area contributed by atoms with E-state index in [4.69, 9.17) is 11.6 Å². The van der Waals surface area contributed by atoms with Crippen LogP contribution in [-0.2, 0) is 6.54 Å². The minimum Gasteiger partial charge on any atom is -0.392 e. The predicted octanol–water partition coefficient (Wildman–Crippen LogP) is 2.27. The van der Waals surface area contributed by atoms with Gasteiger partial charge < -0.3 is 10.4 Å². The fraction of sp³-hybridized carbons (Fsp3) is 0.733. The number of anilines is 1. The Morgan fingerprint density at radius 2 is 2.24 bits per heavy atom. The first-order valence-corrected chi connectivity index (χ1v) is 7.97. The first kappa shape index (κ1) is 14.9. The lowest BCUT2D eigenvalue weighted by Gasteiger charge is -2.49. The molecule has 3 rings (SSSR count). The van der Waals surface area contributed by atoms with Crippen molar-refractivity contribution in [3.8, 4) is 0 Å². The standard InChI is InChI=1S/C15H22ClN3O2/c1-15(2)11(6-12(15)20)18-13-10(16)7-17-19(14(13)21)8-9-4-3-5-9/h7,9,11-12,18,20H,3-6,8H2,1-2H3. The Bertz CT molecular complexity index is 595. The number of nitrogens with one attached hydrogen (secondary N) is 1. The molecule has 2 aliphatic carbocycles. The van der Waals surface area contributed by atoms with Crippen LogP contribution in [0.2, 0.25) is 5.02 Å². The summed E-state index contributed by atoms with van der Waals surface area (Å²) in [5, 5.41) is 17.5. The largest absolute Gasteiger partial charge is 0.392 e. The highest BCUT2D eigenvalue weighted by atomic mass is 35.5. The Balaban J connectivity index is 1.81. The summed E-state index contributed by atoms with van der Waals surface area (Å²) in [5.74, 6) is 0.561. The van der Waals surface area contributed by atoms with Gasteiger partial charge in [0.05, 0.1) is 17.3 Å². The molecular formula is C15H22ClN3O2. The molecule has 5 nitrogen and oxygen atoms in total. The molecule has 0 radical (unpaired) electrons.